The second-order valence-electron chi connectivity index (χ2n) is 6.10. The number of carbonyl (C=O) groups is 1. The van der Waals surface area contributed by atoms with Crippen LogP contribution < -0.4 is 10.3 Å². The monoisotopic (exact) mass is 347 g/mol. The van der Waals surface area contributed by atoms with E-state index < -0.39 is 0 Å². The first-order valence-corrected chi connectivity index (χ1v) is 8.37. The first kappa shape index (κ1) is 16.1. The summed E-state index contributed by atoms with van der Waals surface area (Å²) in [5.41, 5.74) is 2.07. The van der Waals surface area contributed by atoms with Crippen molar-refractivity contribution >= 4 is 5.91 Å². The summed E-state index contributed by atoms with van der Waals surface area (Å²) in [6.45, 7) is 0.907. The third-order valence-electron chi connectivity index (χ3n) is 4.41. The van der Waals surface area contributed by atoms with Gasteiger partial charge in [0, 0.05) is 36.3 Å². The van der Waals surface area contributed by atoms with Crippen LogP contribution in [0.15, 0.2) is 65.8 Å². The third kappa shape index (κ3) is 3.21. The summed E-state index contributed by atoms with van der Waals surface area (Å²) in [4.78, 5) is 33.2. The van der Waals surface area contributed by atoms with Gasteiger partial charge in [-0.25, -0.2) is 0 Å². The van der Waals surface area contributed by atoms with E-state index in [9.17, 15) is 9.59 Å². The average molecular weight is 347 g/mol. The molecule has 0 saturated heterocycles. The number of H-pyrrole nitrogens is 1. The quantitative estimate of drug-likeness (QED) is 0.790. The lowest BCUT2D eigenvalue weighted by Crippen LogP contribution is -2.38. The number of aromatic nitrogens is 2. The third-order valence-corrected chi connectivity index (χ3v) is 4.41. The van der Waals surface area contributed by atoms with Crippen LogP contribution in [0.2, 0.25) is 0 Å². The summed E-state index contributed by atoms with van der Waals surface area (Å²) in [7, 11) is 0. The van der Waals surface area contributed by atoms with Crippen LogP contribution in [0.1, 0.15) is 21.5 Å². The van der Waals surface area contributed by atoms with E-state index in [1.165, 1.54) is 0 Å². The fourth-order valence-corrected chi connectivity index (χ4v) is 3.08. The molecule has 1 aromatic carbocycles. The predicted octanol–water partition coefficient (Wildman–Crippen LogP) is 2.76. The number of hydrogen-bond donors (Lipinski definition) is 1. The van der Waals surface area contributed by atoms with Crippen molar-refractivity contribution in [1.82, 2.24) is 14.9 Å². The van der Waals surface area contributed by atoms with Crippen molar-refractivity contribution in [1.29, 1.82) is 0 Å². The van der Waals surface area contributed by atoms with Crippen molar-refractivity contribution in [2.75, 3.05) is 6.54 Å². The second-order valence-corrected chi connectivity index (χ2v) is 6.10. The molecule has 0 spiro atoms. The maximum Gasteiger partial charge on any atom is 0.254 e. The van der Waals surface area contributed by atoms with Crippen LogP contribution in [0.5, 0.6) is 11.5 Å². The van der Waals surface area contributed by atoms with Gasteiger partial charge in [0.1, 0.15) is 11.5 Å². The molecule has 6 nitrogen and oxygen atoms in total. The summed E-state index contributed by atoms with van der Waals surface area (Å²) in [6, 6.07) is 12.5. The molecule has 3 aromatic rings. The normalized spacial score (nSPS) is 13.2. The van der Waals surface area contributed by atoms with Gasteiger partial charge in [0.2, 0.25) is 0 Å². The minimum atomic E-state index is -0.130. The van der Waals surface area contributed by atoms with Gasteiger partial charge in [-0.1, -0.05) is 6.07 Å². The lowest BCUT2D eigenvalue weighted by Gasteiger charge is -2.28. The summed E-state index contributed by atoms with van der Waals surface area (Å²) in [5, 5.41) is 0. The molecule has 2 aromatic heterocycles. The number of aromatic amines is 1. The van der Waals surface area contributed by atoms with E-state index in [0.717, 1.165) is 5.56 Å². The molecule has 0 radical (unpaired) electrons. The lowest BCUT2D eigenvalue weighted by atomic mass is 10.0. The fraction of sp³-hybridized carbons (Fsp3) is 0.150. The molecule has 0 atom stereocenters. The maximum absolute atomic E-state index is 12.9. The molecule has 0 bridgehead atoms. The Hall–Kier alpha value is -3.41. The number of nitrogens with one attached hydrogen (secondary N) is 1. The Bertz CT molecular complexity index is 998. The highest BCUT2D eigenvalue weighted by molar-refractivity contribution is 5.94. The van der Waals surface area contributed by atoms with Crippen LogP contribution in [0.4, 0.5) is 0 Å². The first-order valence-electron chi connectivity index (χ1n) is 8.37. The minimum absolute atomic E-state index is 0.112. The molecule has 1 aliphatic heterocycles. The van der Waals surface area contributed by atoms with Crippen LogP contribution >= 0.6 is 0 Å². The van der Waals surface area contributed by atoms with Crippen molar-refractivity contribution in [2.24, 2.45) is 0 Å². The molecular weight excluding hydrogens is 330 g/mol. The van der Waals surface area contributed by atoms with Crippen LogP contribution in [0.25, 0.3) is 0 Å². The Morgan fingerprint density at radius 3 is 2.81 bits per heavy atom. The molecule has 0 fully saturated rings. The van der Waals surface area contributed by atoms with Crippen molar-refractivity contribution in [2.45, 2.75) is 13.0 Å². The largest absolute Gasteiger partial charge is 0.457 e. The number of pyridine rings is 2. The molecule has 6 heteroatoms. The summed E-state index contributed by atoms with van der Waals surface area (Å²) in [5.74, 6) is 1.12. The van der Waals surface area contributed by atoms with Crippen molar-refractivity contribution in [3.63, 3.8) is 0 Å². The second kappa shape index (κ2) is 6.84. The van der Waals surface area contributed by atoms with E-state index >= 15 is 0 Å². The summed E-state index contributed by atoms with van der Waals surface area (Å²) < 4.78 is 5.77. The van der Waals surface area contributed by atoms with E-state index in [2.05, 4.69) is 9.97 Å². The molecule has 130 valence electrons. The standard InChI is InChI=1S/C20H17N3O3/c24-19-18-13-23(11-7-14(18)4-10-22-19)20(25)15-2-1-3-17(12-15)26-16-5-8-21-9-6-16/h1-6,8-10,12H,7,11,13H2,(H,22,24). The van der Waals surface area contributed by atoms with Gasteiger partial charge >= 0.3 is 0 Å². The molecule has 0 unspecified atom stereocenters. The number of nitrogens with zero attached hydrogens (tertiary/aromatic N) is 2. The number of rotatable bonds is 3. The lowest BCUT2D eigenvalue weighted by molar-refractivity contribution is 0.0733. The highest BCUT2D eigenvalue weighted by atomic mass is 16.5. The Morgan fingerprint density at radius 1 is 1.12 bits per heavy atom. The van der Waals surface area contributed by atoms with Gasteiger partial charge < -0.3 is 14.6 Å². The van der Waals surface area contributed by atoms with Crippen LogP contribution in [0, 0.1) is 0 Å². The fourth-order valence-electron chi connectivity index (χ4n) is 3.08. The van der Waals surface area contributed by atoms with E-state index in [1.54, 1.807) is 59.9 Å². The predicted molar refractivity (Wildman–Crippen MR) is 96.3 cm³/mol. The molecule has 1 N–H and O–H groups in total. The number of amides is 1. The van der Waals surface area contributed by atoms with Crippen molar-refractivity contribution < 1.29 is 9.53 Å². The molecule has 3 heterocycles. The SMILES string of the molecule is O=C(c1cccc(Oc2ccncc2)c1)N1CCc2cc[nH]c(=O)c2C1. The first-order chi connectivity index (χ1) is 12.7. The van der Waals surface area contributed by atoms with Gasteiger partial charge in [-0.2, -0.15) is 0 Å². The topological polar surface area (TPSA) is 75.3 Å². The smallest absolute Gasteiger partial charge is 0.254 e. The molecule has 0 saturated carbocycles. The maximum atomic E-state index is 12.9. The number of fused-ring (bicyclic) bond motifs is 1. The van der Waals surface area contributed by atoms with Gasteiger partial charge in [-0.3, -0.25) is 14.6 Å². The Kier molecular flexibility index (Phi) is 4.23. The zero-order valence-electron chi connectivity index (χ0n) is 14.0. The van der Waals surface area contributed by atoms with Crippen LogP contribution in [0.3, 0.4) is 0 Å². The Balaban J connectivity index is 1.55. The van der Waals surface area contributed by atoms with Crippen molar-refractivity contribution in [3.8, 4) is 11.5 Å². The Labute approximate surface area is 150 Å². The number of hydrogen-bond acceptors (Lipinski definition) is 4. The minimum Gasteiger partial charge on any atom is -0.457 e. The van der Waals surface area contributed by atoms with E-state index in [1.807, 2.05) is 6.07 Å². The highest BCUT2D eigenvalue weighted by Crippen LogP contribution is 2.23. The molecule has 0 aliphatic carbocycles. The molecule has 26 heavy (non-hydrogen) atoms. The molecule has 1 aliphatic rings. The van der Waals surface area contributed by atoms with E-state index in [4.69, 9.17) is 4.74 Å². The van der Waals surface area contributed by atoms with E-state index in [-0.39, 0.29) is 11.5 Å². The van der Waals surface area contributed by atoms with Gasteiger partial charge in [-0.15, -0.1) is 0 Å². The zero-order chi connectivity index (χ0) is 17.9. The van der Waals surface area contributed by atoms with Gasteiger partial charge in [0.15, 0.2) is 0 Å². The Morgan fingerprint density at radius 2 is 1.96 bits per heavy atom. The van der Waals surface area contributed by atoms with Crippen LogP contribution in [-0.4, -0.2) is 27.3 Å². The number of ether oxygens (including phenoxy) is 1. The summed E-state index contributed by atoms with van der Waals surface area (Å²) in [6.07, 6.45) is 5.62. The summed E-state index contributed by atoms with van der Waals surface area (Å²) >= 11 is 0. The number of benzene rings is 1. The van der Waals surface area contributed by atoms with E-state index in [0.29, 0.717) is 42.1 Å². The van der Waals surface area contributed by atoms with Gasteiger partial charge in [0.25, 0.3) is 11.5 Å². The average Bonchev–Trinajstić information content (AvgIpc) is 2.68. The van der Waals surface area contributed by atoms with Gasteiger partial charge in [0.05, 0.1) is 6.54 Å². The highest BCUT2D eigenvalue weighted by Gasteiger charge is 2.23. The molecular formula is C20H17N3O3. The number of carbonyl (C=O) groups excluding carboxylic acids is 1. The molecule has 1 amide bonds. The zero-order valence-corrected chi connectivity index (χ0v) is 14.0. The van der Waals surface area contributed by atoms with Crippen molar-refractivity contribution in [3.05, 3.63) is 88.1 Å². The molecule has 4 rings (SSSR count). The van der Waals surface area contributed by atoms with Crippen LogP contribution in [-0.2, 0) is 13.0 Å². The van der Waals surface area contributed by atoms with Gasteiger partial charge in [-0.05, 0) is 48.4 Å².